The first-order valence-corrected chi connectivity index (χ1v) is 12.3. The van der Waals surface area contributed by atoms with Gasteiger partial charge in [-0.15, -0.1) is 0 Å². The monoisotopic (exact) mass is 418 g/mol. The third-order valence-electron chi connectivity index (χ3n) is 7.41. The molecule has 1 aromatic rings. The summed E-state index contributed by atoms with van der Waals surface area (Å²) in [6.45, 7) is 8.33. The first-order valence-electron chi connectivity index (χ1n) is 12.3. The van der Waals surface area contributed by atoms with E-state index in [1.165, 1.54) is 44.1 Å². The molecule has 1 fully saturated rings. The average Bonchev–Trinajstić information content (AvgIpc) is 2.76. The first kappa shape index (κ1) is 23.3. The van der Waals surface area contributed by atoms with Crippen LogP contribution in [0.4, 0.5) is 8.78 Å². The summed E-state index contributed by atoms with van der Waals surface area (Å²) in [5.74, 6) is 0.0743. The van der Waals surface area contributed by atoms with Crippen molar-refractivity contribution in [2.24, 2.45) is 11.8 Å². The van der Waals surface area contributed by atoms with E-state index in [0.717, 1.165) is 55.6 Å². The Kier molecular flexibility index (Phi) is 8.36. The molecule has 3 rings (SSSR count). The molecule has 1 nitrogen and oxygen atoms in total. The smallest absolute Gasteiger partial charge is 0.201 e. The lowest BCUT2D eigenvalue weighted by molar-refractivity contribution is 0.150. The first-order chi connectivity index (χ1) is 14.5. The van der Waals surface area contributed by atoms with Crippen LogP contribution in [-0.4, -0.2) is 6.10 Å². The van der Waals surface area contributed by atoms with Crippen molar-refractivity contribution >= 4 is 6.08 Å². The molecule has 1 heterocycles. The van der Waals surface area contributed by atoms with Gasteiger partial charge in [-0.1, -0.05) is 51.2 Å². The average molecular weight is 419 g/mol. The second-order valence-electron chi connectivity index (χ2n) is 9.64. The molecule has 168 valence electrons. The molecule has 1 atom stereocenters. The molecule has 1 saturated carbocycles. The molecule has 1 unspecified atom stereocenters. The molecule has 1 aliphatic carbocycles. The minimum absolute atomic E-state index is 0.00688. The molecule has 2 aliphatic rings. The van der Waals surface area contributed by atoms with Crippen molar-refractivity contribution in [3.8, 4) is 5.75 Å². The van der Waals surface area contributed by atoms with Gasteiger partial charge in [0, 0.05) is 5.56 Å². The SMILES string of the molecule is CCCCCC1CCc2c(/C=C(\C)C3CCC(CCC)CC3)c(C)c(F)c(F)c2O1. The molecule has 0 amide bonds. The lowest BCUT2D eigenvalue weighted by Crippen LogP contribution is -2.25. The molecule has 3 heteroatoms. The Morgan fingerprint density at radius 3 is 2.37 bits per heavy atom. The lowest BCUT2D eigenvalue weighted by Gasteiger charge is -2.30. The molecule has 1 aliphatic heterocycles. The summed E-state index contributed by atoms with van der Waals surface area (Å²) in [5, 5.41) is 0. The summed E-state index contributed by atoms with van der Waals surface area (Å²) in [6, 6.07) is 0. The fourth-order valence-corrected chi connectivity index (χ4v) is 5.45. The third kappa shape index (κ3) is 5.26. The zero-order chi connectivity index (χ0) is 21.7. The minimum Gasteiger partial charge on any atom is -0.487 e. The van der Waals surface area contributed by atoms with E-state index in [4.69, 9.17) is 4.74 Å². The third-order valence-corrected chi connectivity index (χ3v) is 7.41. The highest BCUT2D eigenvalue weighted by Gasteiger charge is 2.29. The van der Waals surface area contributed by atoms with Crippen LogP contribution >= 0.6 is 0 Å². The van der Waals surface area contributed by atoms with Gasteiger partial charge >= 0.3 is 0 Å². The molecule has 0 aromatic heterocycles. The lowest BCUT2D eigenvalue weighted by atomic mass is 9.76. The predicted molar refractivity (Wildman–Crippen MR) is 122 cm³/mol. The van der Waals surface area contributed by atoms with Gasteiger partial charge in [0.15, 0.2) is 11.6 Å². The van der Waals surface area contributed by atoms with Crippen molar-refractivity contribution < 1.29 is 13.5 Å². The van der Waals surface area contributed by atoms with E-state index in [0.29, 0.717) is 11.5 Å². The van der Waals surface area contributed by atoms with E-state index in [1.54, 1.807) is 6.92 Å². The van der Waals surface area contributed by atoms with Gasteiger partial charge in [-0.2, -0.15) is 4.39 Å². The summed E-state index contributed by atoms with van der Waals surface area (Å²) in [4.78, 5) is 0. The molecular formula is C27H40F2O. The van der Waals surface area contributed by atoms with Crippen LogP contribution in [0.3, 0.4) is 0 Å². The second kappa shape index (κ2) is 10.8. The number of halogens is 2. The van der Waals surface area contributed by atoms with Crippen LogP contribution in [0.5, 0.6) is 5.75 Å². The molecule has 0 spiro atoms. The van der Waals surface area contributed by atoms with Crippen LogP contribution in [0, 0.1) is 30.4 Å². The summed E-state index contributed by atoms with van der Waals surface area (Å²) in [6.07, 6.45) is 15.7. The van der Waals surface area contributed by atoms with Gasteiger partial charge in [-0.05, 0) is 88.2 Å². The summed E-state index contributed by atoms with van der Waals surface area (Å²) in [5.41, 5.74) is 3.48. The van der Waals surface area contributed by atoms with E-state index >= 15 is 0 Å². The number of unbranched alkanes of at least 4 members (excludes halogenated alkanes) is 2. The molecular weight excluding hydrogens is 378 g/mol. The van der Waals surface area contributed by atoms with Gasteiger partial charge < -0.3 is 4.74 Å². The largest absolute Gasteiger partial charge is 0.487 e. The fraction of sp³-hybridized carbons (Fsp3) is 0.704. The van der Waals surface area contributed by atoms with E-state index in [2.05, 4.69) is 26.8 Å². The highest BCUT2D eigenvalue weighted by Crippen LogP contribution is 2.41. The van der Waals surface area contributed by atoms with Crippen molar-refractivity contribution in [2.45, 2.75) is 111 Å². The Bertz CT molecular complexity index is 744. The van der Waals surface area contributed by atoms with E-state index in [1.807, 2.05) is 0 Å². The van der Waals surface area contributed by atoms with Gasteiger partial charge in [0.05, 0.1) is 6.10 Å². The standard InChI is InChI=1S/C27H40F2O/c1-5-7-8-10-22-15-16-23-24(19(4)25(28)26(29)27(23)30-22)17-18(3)21-13-11-20(9-6-2)12-14-21/h17,20-22H,5-16H2,1-4H3/b18-17+. The van der Waals surface area contributed by atoms with Crippen LogP contribution in [0.25, 0.3) is 6.08 Å². The topological polar surface area (TPSA) is 9.23 Å². The van der Waals surface area contributed by atoms with Crippen molar-refractivity contribution in [3.05, 3.63) is 33.9 Å². The number of ether oxygens (including phenoxy) is 1. The maximum absolute atomic E-state index is 14.8. The van der Waals surface area contributed by atoms with Crippen LogP contribution in [0.1, 0.15) is 108 Å². The highest BCUT2D eigenvalue weighted by atomic mass is 19.2. The fourth-order valence-electron chi connectivity index (χ4n) is 5.45. The number of rotatable bonds is 8. The summed E-state index contributed by atoms with van der Waals surface area (Å²) >= 11 is 0. The molecule has 0 saturated heterocycles. The van der Waals surface area contributed by atoms with Gasteiger partial charge in [-0.25, -0.2) is 4.39 Å². The zero-order valence-electron chi connectivity index (χ0n) is 19.5. The van der Waals surface area contributed by atoms with Crippen molar-refractivity contribution in [2.75, 3.05) is 0 Å². The second-order valence-corrected chi connectivity index (χ2v) is 9.64. The van der Waals surface area contributed by atoms with Crippen molar-refractivity contribution in [3.63, 3.8) is 0 Å². The Hall–Kier alpha value is -1.38. The molecule has 1 aromatic carbocycles. The van der Waals surface area contributed by atoms with E-state index in [-0.39, 0.29) is 11.9 Å². The maximum atomic E-state index is 14.8. The Balaban J connectivity index is 1.81. The van der Waals surface area contributed by atoms with Crippen molar-refractivity contribution in [1.82, 2.24) is 0 Å². The number of fused-ring (bicyclic) bond motifs is 1. The summed E-state index contributed by atoms with van der Waals surface area (Å²) in [7, 11) is 0. The number of allylic oxidation sites excluding steroid dienone is 1. The van der Waals surface area contributed by atoms with E-state index < -0.39 is 11.6 Å². The molecule has 30 heavy (non-hydrogen) atoms. The van der Waals surface area contributed by atoms with Crippen LogP contribution in [0.15, 0.2) is 5.57 Å². The molecule has 0 bridgehead atoms. The predicted octanol–water partition coefficient (Wildman–Crippen LogP) is 8.56. The van der Waals surface area contributed by atoms with E-state index in [9.17, 15) is 8.78 Å². The van der Waals surface area contributed by atoms with Crippen LogP contribution < -0.4 is 4.74 Å². The Morgan fingerprint density at radius 2 is 1.70 bits per heavy atom. The highest BCUT2D eigenvalue weighted by molar-refractivity contribution is 5.65. The Morgan fingerprint density at radius 1 is 0.967 bits per heavy atom. The Labute approximate surface area is 182 Å². The van der Waals surface area contributed by atoms with Crippen LogP contribution in [0.2, 0.25) is 0 Å². The van der Waals surface area contributed by atoms with Gasteiger partial charge in [0.25, 0.3) is 0 Å². The quantitative estimate of drug-likeness (QED) is 0.384. The molecule has 0 radical (unpaired) electrons. The normalized spacial score (nSPS) is 24.5. The summed E-state index contributed by atoms with van der Waals surface area (Å²) < 4.78 is 35.5. The van der Waals surface area contributed by atoms with Crippen LogP contribution in [-0.2, 0) is 6.42 Å². The zero-order valence-corrected chi connectivity index (χ0v) is 19.5. The number of hydrogen-bond acceptors (Lipinski definition) is 1. The number of benzene rings is 1. The van der Waals surface area contributed by atoms with Gasteiger partial charge in [0.2, 0.25) is 5.82 Å². The van der Waals surface area contributed by atoms with Gasteiger partial charge in [-0.3, -0.25) is 0 Å². The number of hydrogen-bond donors (Lipinski definition) is 0. The van der Waals surface area contributed by atoms with Crippen molar-refractivity contribution in [1.29, 1.82) is 0 Å². The minimum atomic E-state index is -0.794. The maximum Gasteiger partial charge on any atom is 0.201 e. The van der Waals surface area contributed by atoms with Gasteiger partial charge in [0.1, 0.15) is 0 Å². The molecule has 0 N–H and O–H groups in total.